The van der Waals surface area contributed by atoms with Crippen molar-refractivity contribution in [2.45, 2.75) is 0 Å². The highest BCUT2D eigenvalue weighted by Crippen LogP contribution is 2.34. The van der Waals surface area contributed by atoms with Crippen molar-refractivity contribution in [2.24, 2.45) is 0 Å². The van der Waals surface area contributed by atoms with E-state index in [1.165, 1.54) is 0 Å². The van der Waals surface area contributed by atoms with Crippen molar-refractivity contribution >= 4 is 23.6 Å². The molecular weight excluding hydrogens is 222 g/mol. The summed E-state index contributed by atoms with van der Waals surface area (Å²) in [6.45, 7) is 0. The molecule has 0 atom stereocenters. The minimum absolute atomic E-state index is 0.550. The molecule has 0 aromatic heterocycles. The third kappa shape index (κ3) is 1.79. The van der Waals surface area contributed by atoms with Crippen LogP contribution in [0.3, 0.4) is 0 Å². The minimum Gasteiger partial charge on any atom is -0.398 e. The van der Waals surface area contributed by atoms with E-state index < -0.39 is 0 Å². The van der Waals surface area contributed by atoms with Gasteiger partial charge in [0.15, 0.2) is 6.29 Å². The normalized spacial score (nSPS) is 10.1. The number of nitrogen functional groups attached to an aromatic ring is 1. The molecule has 0 spiro atoms. The molecule has 0 saturated carbocycles. The van der Waals surface area contributed by atoms with Gasteiger partial charge >= 0.3 is 0 Å². The Morgan fingerprint density at radius 2 is 1.81 bits per heavy atom. The highest BCUT2D eigenvalue weighted by Gasteiger charge is 2.10. The standard InChI is InChI=1S/C13H10ClNO/c14-11-6-3-7-12(15)13(11)10-5-2-1-4-9(10)8-16/h1-8H,15H2. The lowest BCUT2D eigenvalue weighted by Gasteiger charge is -2.09. The van der Waals surface area contributed by atoms with Gasteiger partial charge in [0.05, 0.1) is 5.02 Å². The number of rotatable bonds is 2. The second kappa shape index (κ2) is 4.37. The van der Waals surface area contributed by atoms with Crippen LogP contribution >= 0.6 is 11.6 Å². The van der Waals surface area contributed by atoms with E-state index in [-0.39, 0.29) is 0 Å². The Kier molecular flexibility index (Phi) is 2.93. The summed E-state index contributed by atoms with van der Waals surface area (Å²) in [6.07, 6.45) is 0.804. The fourth-order valence-electron chi connectivity index (χ4n) is 1.65. The van der Waals surface area contributed by atoms with E-state index >= 15 is 0 Å². The zero-order chi connectivity index (χ0) is 11.5. The molecule has 2 aromatic rings. The zero-order valence-electron chi connectivity index (χ0n) is 8.48. The number of nitrogens with two attached hydrogens (primary N) is 1. The first-order valence-corrected chi connectivity index (χ1v) is 5.20. The lowest BCUT2D eigenvalue weighted by molar-refractivity contribution is 0.112. The van der Waals surface area contributed by atoms with Crippen LogP contribution < -0.4 is 5.73 Å². The van der Waals surface area contributed by atoms with Gasteiger partial charge in [-0.15, -0.1) is 0 Å². The lowest BCUT2D eigenvalue weighted by Crippen LogP contribution is -1.94. The third-order valence-corrected chi connectivity index (χ3v) is 2.72. The van der Waals surface area contributed by atoms with E-state index in [1.807, 2.05) is 12.1 Å². The maximum atomic E-state index is 10.9. The molecular formula is C13H10ClNO. The first kappa shape index (κ1) is 10.7. The second-order valence-electron chi connectivity index (χ2n) is 3.41. The summed E-state index contributed by atoms with van der Waals surface area (Å²) in [7, 11) is 0. The van der Waals surface area contributed by atoms with Crippen LogP contribution in [-0.2, 0) is 0 Å². The Labute approximate surface area is 98.7 Å². The molecule has 16 heavy (non-hydrogen) atoms. The van der Waals surface area contributed by atoms with Crippen molar-refractivity contribution in [3.8, 4) is 11.1 Å². The highest BCUT2D eigenvalue weighted by atomic mass is 35.5. The Hall–Kier alpha value is -1.80. The van der Waals surface area contributed by atoms with Crippen molar-refractivity contribution in [2.75, 3.05) is 5.73 Å². The summed E-state index contributed by atoms with van der Waals surface area (Å²) in [6, 6.07) is 12.5. The fraction of sp³-hybridized carbons (Fsp3) is 0. The largest absolute Gasteiger partial charge is 0.398 e. The van der Waals surface area contributed by atoms with Gasteiger partial charge in [0.2, 0.25) is 0 Å². The smallest absolute Gasteiger partial charge is 0.150 e. The SMILES string of the molecule is Nc1cccc(Cl)c1-c1ccccc1C=O. The molecule has 0 aliphatic heterocycles. The van der Waals surface area contributed by atoms with E-state index in [0.29, 0.717) is 21.8 Å². The van der Waals surface area contributed by atoms with Crippen LogP contribution in [0.5, 0.6) is 0 Å². The number of halogens is 1. The van der Waals surface area contributed by atoms with Crippen LogP contribution in [0.25, 0.3) is 11.1 Å². The molecule has 80 valence electrons. The van der Waals surface area contributed by atoms with Crippen LogP contribution in [0.4, 0.5) is 5.69 Å². The molecule has 0 aliphatic carbocycles. The van der Waals surface area contributed by atoms with Gasteiger partial charge in [-0.3, -0.25) is 4.79 Å². The molecule has 0 aliphatic rings. The van der Waals surface area contributed by atoms with E-state index in [0.717, 1.165) is 11.8 Å². The zero-order valence-corrected chi connectivity index (χ0v) is 9.24. The van der Waals surface area contributed by atoms with Crippen molar-refractivity contribution in [3.05, 3.63) is 53.1 Å². The van der Waals surface area contributed by atoms with Gasteiger partial charge in [0.1, 0.15) is 0 Å². The molecule has 2 nitrogen and oxygen atoms in total. The summed E-state index contributed by atoms with van der Waals surface area (Å²) in [5.41, 5.74) is 8.51. The van der Waals surface area contributed by atoms with E-state index in [2.05, 4.69) is 0 Å². The molecule has 2 aromatic carbocycles. The number of aldehydes is 1. The maximum Gasteiger partial charge on any atom is 0.150 e. The van der Waals surface area contributed by atoms with Crippen LogP contribution in [0.1, 0.15) is 10.4 Å². The molecule has 0 unspecified atom stereocenters. The van der Waals surface area contributed by atoms with Crippen LogP contribution in [0.15, 0.2) is 42.5 Å². The van der Waals surface area contributed by atoms with Gasteiger partial charge in [0, 0.05) is 16.8 Å². The van der Waals surface area contributed by atoms with Crippen molar-refractivity contribution in [3.63, 3.8) is 0 Å². The van der Waals surface area contributed by atoms with Gasteiger partial charge in [-0.25, -0.2) is 0 Å². The maximum absolute atomic E-state index is 10.9. The van der Waals surface area contributed by atoms with Crippen molar-refractivity contribution in [1.82, 2.24) is 0 Å². The molecule has 0 amide bonds. The Morgan fingerprint density at radius 3 is 2.50 bits per heavy atom. The molecule has 3 heteroatoms. The van der Waals surface area contributed by atoms with Gasteiger partial charge in [0.25, 0.3) is 0 Å². The third-order valence-electron chi connectivity index (χ3n) is 2.40. The molecule has 0 heterocycles. The van der Waals surface area contributed by atoms with Gasteiger partial charge < -0.3 is 5.73 Å². The number of hydrogen-bond donors (Lipinski definition) is 1. The Bertz CT molecular complexity index is 517. The number of anilines is 1. The van der Waals surface area contributed by atoms with E-state index in [4.69, 9.17) is 17.3 Å². The number of carbonyl (C=O) groups excluding carboxylic acids is 1. The first-order chi connectivity index (χ1) is 7.74. The van der Waals surface area contributed by atoms with Gasteiger partial charge in [-0.05, 0) is 17.7 Å². The average molecular weight is 232 g/mol. The predicted octanol–water partition coefficient (Wildman–Crippen LogP) is 3.40. The van der Waals surface area contributed by atoms with Crippen molar-refractivity contribution in [1.29, 1.82) is 0 Å². The van der Waals surface area contributed by atoms with E-state index in [9.17, 15) is 4.79 Å². The summed E-state index contributed by atoms with van der Waals surface area (Å²) in [4.78, 5) is 10.9. The topological polar surface area (TPSA) is 43.1 Å². The summed E-state index contributed by atoms with van der Waals surface area (Å²) in [5.74, 6) is 0. The predicted molar refractivity (Wildman–Crippen MR) is 66.7 cm³/mol. The molecule has 0 saturated heterocycles. The Balaban J connectivity index is 2.72. The quantitative estimate of drug-likeness (QED) is 0.636. The molecule has 2 rings (SSSR count). The molecule has 0 bridgehead atoms. The Morgan fingerprint density at radius 1 is 1.06 bits per heavy atom. The van der Waals surface area contributed by atoms with Crippen LogP contribution in [-0.4, -0.2) is 6.29 Å². The fourth-order valence-corrected chi connectivity index (χ4v) is 1.94. The second-order valence-corrected chi connectivity index (χ2v) is 3.82. The van der Waals surface area contributed by atoms with Crippen LogP contribution in [0.2, 0.25) is 5.02 Å². The molecule has 0 radical (unpaired) electrons. The van der Waals surface area contributed by atoms with E-state index in [1.54, 1.807) is 30.3 Å². The summed E-state index contributed by atoms with van der Waals surface area (Å²) >= 11 is 6.10. The van der Waals surface area contributed by atoms with Crippen molar-refractivity contribution < 1.29 is 4.79 Å². The summed E-state index contributed by atoms with van der Waals surface area (Å²) < 4.78 is 0. The summed E-state index contributed by atoms with van der Waals surface area (Å²) in [5, 5.41) is 0.550. The first-order valence-electron chi connectivity index (χ1n) is 4.82. The number of benzene rings is 2. The average Bonchev–Trinajstić information content (AvgIpc) is 2.29. The van der Waals surface area contributed by atoms with Crippen LogP contribution in [0, 0.1) is 0 Å². The van der Waals surface area contributed by atoms with Gasteiger partial charge in [-0.1, -0.05) is 41.9 Å². The number of hydrogen-bond acceptors (Lipinski definition) is 2. The molecule has 0 fully saturated rings. The lowest BCUT2D eigenvalue weighted by atomic mass is 9.99. The highest BCUT2D eigenvalue weighted by molar-refractivity contribution is 6.34. The molecule has 2 N–H and O–H groups in total. The monoisotopic (exact) mass is 231 g/mol. The number of carbonyl (C=O) groups is 1. The minimum atomic E-state index is 0.550. The van der Waals surface area contributed by atoms with Gasteiger partial charge in [-0.2, -0.15) is 0 Å².